The van der Waals surface area contributed by atoms with Crippen LogP contribution in [0.1, 0.15) is 5.56 Å². The van der Waals surface area contributed by atoms with Crippen LogP contribution in [0, 0.1) is 0 Å². The number of fused-ring (bicyclic) bond motifs is 1. The van der Waals surface area contributed by atoms with Gasteiger partial charge in [0, 0.05) is 11.6 Å². The van der Waals surface area contributed by atoms with Crippen molar-refractivity contribution in [1.29, 1.82) is 0 Å². The number of rotatable bonds is 3. The summed E-state index contributed by atoms with van der Waals surface area (Å²) in [6.45, 7) is 0. The predicted octanol–water partition coefficient (Wildman–Crippen LogP) is 2.26. The van der Waals surface area contributed by atoms with E-state index < -0.39 is 0 Å². The number of hydrogen-bond acceptors (Lipinski definition) is 2. The second-order valence-electron chi connectivity index (χ2n) is 3.38. The molecule has 0 bridgehead atoms. The third-order valence-corrected chi connectivity index (χ3v) is 2.30. The molecule has 2 aromatic rings. The van der Waals surface area contributed by atoms with Gasteiger partial charge in [0.25, 0.3) is 0 Å². The molecule has 0 aliphatic rings. The summed E-state index contributed by atoms with van der Waals surface area (Å²) < 4.78 is 0. The second-order valence-corrected chi connectivity index (χ2v) is 3.38. The van der Waals surface area contributed by atoms with E-state index >= 15 is 0 Å². The van der Waals surface area contributed by atoms with E-state index in [-0.39, 0.29) is 5.75 Å². The SMILES string of the molecule is O=CNC=Cc1cc(O)c2ccccc2c1. The van der Waals surface area contributed by atoms with Crippen molar-refractivity contribution in [1.82, 2.24) is 5.32 Å². The molecule has 0 spiro atoms. The number of benzene rings is 2. The van der Waals surface area contributed by atoms with Crippen LogP contribution in [0.4, 0.5) is 0 Å². The molecular weight excluding hydrogens is 202 g/mol. The number of phenolic OH excluding ortho intramolecular Hbond substituents is 1. The van der Waals surface area contributed by atoms with Gasteiger partial charge in [0.05, 0.1) is 0 Å². The summed E-state index contributed by atoms with van der Waals surface area (Å²) in [5.41, 5.74) is 0.838. The van der Waals surface area contributed by atoms with Crippen LogP contribution in [-0.2, 0) is 4.79 Å². The number of aromatic hydroxyl groups is 1. The summed E-state index contributed by atoms with van der Waals surface area (Å²) in [6, 6.07) is 11.2. The Morgan fingerprint density at radius 1 is 1.19 bits per heavy atom. The number of nitrogens with one attached hydrogen (secondary N) is 1. The Hall–Kier alpha value is -2.29. The highest BCUT2D eigenvalue weighted by atomic mass is 16.3. The molecule has 2 N–H and O–H groups in total. The Balaban J connectivity index is 2.45. The molecule has 80 valence electrons. The molecule has 2 aromatic carbocycles. The maximum atomic E-state index is 10.1. The maximum Gasteiger partial charge on any atom is 0.211 e. The molecule has 0 aromatic heterocycles. The van der Waals surface area contributed by atoms with Gasteiger partial charge in [0.15, 0.2) is 0 Å². The molecular formula is C13H11NO2. The summed E-state index contributed by atoms with van der Waals surface area (Å²) in [6.07, 6.45) is 3.84. The van der Waals surface area contributed by atoms with Crippen molar-refractivity contribution in [2.24, 2.45) is 0 Å². The average Bonchev–Trinajstić information content (AvgIpc) is 2.30. The lowest BCUT2D eigenvalue weighted by Crippen LogP contribution is -1.97. The van der Waals surface area contributed by atoms with Gasteiger partial charge in [-0.3, -0.25) is 4.79 Å². The molecule has 2 rings (SSSR count). The second kappa shape index (κ2) is 4.49. The summed E-state index contributed by atoms with van der Waals surface area (Å²) in [4.78, 5) is 10.1. The summed E-state index contributed by atoms with van der Waals surface area (Å²) in [5.74, 6) is 0.240. The average molecular weight is 213 g/mol. The number of phenols is 1. The normalized spacial score (nSPS) is 10.8. The van der Waals surface area contributed by atoms with Gasteiger partial charge in [-0.05, 0) is 29.2 Å². The minimum atomic E-state index is 0.240. The molecule has 0 heterocycles. The van der Waals surface area contributed by atoms with E-state index in [1.807, 2.05) is 30.3 Å². The minimum absolute atomic E-state index is 0.240. The van der Waals surface area contributed by atoms with E-state index in [1.165, 1.54) is 6.20 Å². The number of hydrogen-bond donors (Lipinski definition) is 2. The Morgan fingerprint density at radius 3 is 2.81 bits per heavy atom. The highest BCUT2D eigenvalue weighted by Gasteiger charge is 1.99. The topological polar surface area (TPSA) is 49.3 Å². The van der Waals surface area contributed by atoms with E-state index in [9.17, 15) is 9.90 Å². The first-order valence-electron chi connectivity index (χ1n) is 4.89. The molecule has 0 atom stereocenters. The van der Waals surface area contributed by atoms with Gasteiger partial charge in [-0.15, -0.1) is 0 Å². The lowest BCUT2D eigenvalue weighted by molar-refractivity contribution is -0.108. The standard InChI is InChI=1S/C13H11NO2/c15-9-14-6-5-10-7-11-3-1-2-4-12(11)13(16)8-10/h1-9,16H,(H,14,15). The first-order chi connectivity index (χ1) is 7.81. The van der Waals surface area contributed by atoms with Gasteiger partial charge in [-0.1, -0.05) is 24.3 Å². The van der Waals surface area contributed by atoms with Crippen molar-refractivity contribution in [2.75, 3.05) is 0 Å². The zero-order chi connectivity index (χ0) is 11.4. The van der Waals surface area contributed by atoms with Crippen LogP contribution in [0.15, 0.2) is 42.6 Å². The highest BCUT2D eigenvalue weighted by molar-refractivity contribution is 5.90. The van der Waals surface area contributed by atoms with Crippen LogP contribution >= 0.6 is 0 Å². The van der Waals surface area contributed by atoms with Crippen LogP contribution in [0.2, 0.25) is 0 Å². The zero-order valence-corrected chi connectivity index (χ0v) is 8.55. The Bertz CT molecular complexity index is 547. The summed E-state index contributed by atoms with van der Waals surface area (Å²) in [7, 11) is 0. The van der Waals surface area contributed by atoms with Crippen LogP contribution in [-0.4, -0.2) is 11.5 Å². The fraction of sp³-hybridized carbons (Fsp3) is 0. The van der Waals surface area contributed by atoms with Crippen molar-refractivity contribution in [3.63, 3.8) is 0 Å². The largest absolute Gasteiger partial charge is 0.507 e. The molecule has 0 radical (unpaired) electrons. The van der Waals surface area contributed by atoms with Crippen LogP contribution in [0.5, 0.6) is 5.75 Å². The van der Waals surface area contributed by atoms with Gasteiger partial charge < -0.3 is 10.4 Å². The molecule has 0 saturated heterocycles. The summed E-state index contributed by atoms with van der Waals surface area (Å²) >= 11 is 0. The van der Waals surface area contributed by atoms with Crippen molar-refractivity contribution in [2.45, 2.75) is 0 Å². The number of carbonyl (C=O) groups is 1. The van der Waals surface area contributed by atoms with Crippen molar-refractivity contribution in [3.05, 3.63) is 48.2 Å². The lowest BCUT2D eigenvalue weighted by Gasteiger charge is -2.02. The molecule has 0 unspecified atom stereocenters. The third-order valence-electron chi connectivity index (χ3n) is 2.30. The minimum Gasteiger partial charge on any atom is -0.507 e. The molecule has 0 fully saturated rings. The molecule has 1 amide bonds. The monoisotopic (exact) mass is 213 g/mol. The zero-order valence-electron chi connectivity index (χ0n) is 8.55. The van der Waals surface area contributed by atoms with Crippen molar-refractivity contribution >= 4 is 23.3 Å². The quantitative estimate of drug-likeness (QED) is 0.768. The van der Waals surface area contributed by atoms with Crippen LogP contribution in [0.25, 0.3) is 16.8 Å². The van der Waals surface area contributed by atoms with Crippen LogP contribution < -0.4 is 5.32 Å². The fourth-order valence-electron chi connectivity index (χ4n) is 1.59. The lowest BCUT2D eigenvalue weighted by atomic mass is 10.1. The van der Waals surface area contributed by atoms with Crippen LogP contribution in [0.3, 0.4) is 0 Å². The Labute approximate surface area is 93.0 Å². The van der Waals surface area contributed by atoms with E-state index in [0.717, 1.165) is 16.3 Å². The van der Waals surface area contributed by atoms with Gasteiger partial charge in [0.2, 0.25) is 6.41 Å². The van der Waals surface area contributed by atoms with Gasteiger partial charge >= 0.3 is 0 Å². The van der Waals surface area contributed by atoms with Gasteiger partial charge in [-0.2, -0.15) is 0 Å². The molecule has 0 saturated carbocycles. The van der Waals surface area contributed by atoms with Gasteiger partial charge in [-0.25, -0.2) is 0 Å². The number of carbonyl (C=O) groups excluding carboxylic acids is 1. The molecule has 0 aliphatic carbocycles. The highest BCUT2D eigenvalue weighted by Crippen LogP contribution is 2.26. The van der Waals surface area contributed by atoms with E-state index in [4.69, 9.17) is 0 Å². The maximum absolute atomic E-state index is 10.1. The molecule has 16 heavy (non-hydrogen) atoms. The summed E-state index contributed by atoms with van der Waals surface area (Å²) in [5, 5.41) is 14.0. The van der Waals surface area contributed by atoms with E-state index in [0.29, 0.717) is 6.41 Å². The third kappa shape index (κ3) is 2.03. The van der Waals surface area contributed by atoms with E-state index in [2.05, 4.69) is 5.32 Å². The molecule has 0 aliphatic heterocycles. The predicted molar refractivity (Wildman–Crippen MR) is 63.8 cm³/mol. The van der Waals surface area contributed by atoms with E-state index in [1.54, 1.807) is 12.1 Å². The molecule has 3 nitrogen and oxygen atoms in total. The van der Waals surface area contributed by atoms with Crippen molar-refractivity contribution in [3.8, 4) is 5.75 Å². The van der Waals surface area contributed by atoms with Crippen molar-refractivity contribution < 1.29 is 9.90 Å². The molecule has 3 heteroatoms. The first-order valence-corrected chi connectivity index (χ1v) is 4.89. The smallest absolute Gasteiger partial charge is 0.211 e. The number of amides is 1. The Kier molecular flexibility index (Phi) is 2.87. The first kappa shape index (κ1) is 10.2. The van der Waals surface area contributed by atoms with Gasteiger partial charge in [0.1, 0.15) is 5.75 Å². The fourth-order valence-corrected chi connectivity index (χ4v) is 1.59. The Morgan fingerprint density at radius 2 is 2.00 bits per heavy atom.